The van der Waals surface area contributed by atoms with Crippen LogP contribution in [-0.4, -0.2) is 30.8 Å². The molecule has 0 aliphatic heterocycles. The Morgan fingerprint density at radius 2 is 1.85 bits per heavy atom. The Balaban J connectivity index is 1.80. The lowest BCUT2D eigenvalue weighted by Crippen LogP contribution is -2.38. The van der Waals surface area contributed by atoms with Crippen molar-refractivity contribution in [3.8, 4) is 5.75 Å². The van der Waals surface area contributed by atoms with E-state index in [0.29, 0.717) is 47.7 Å². The van der Waals surface area contributed by atoms with Crippen LogP contribution >= 0.6 is 35.4 Å². The number of benzene rings is 2. The molecule has 27 heavy (non-hydrogen) atoms. The van der Waals surface area contributed by atoms with Gasteiger partial charge in [0.1, 0.15) is 12.4 Å². The highest BCUT2D eigenvalue weighted by molar-refractivity contribution is 7.80. The first-order valence-electron chi connectivity index (χ1n) is 8.33. The Labute approximate surface area is 173 Å². The van der Waals surface area contributed by atoms with E-state index in [-0.39, 0.29) is 11.0 Å². The van der Waals surface area contributed by atoms with Gasteiger partial charge in [-0.1, -0.05) is 29.3 Å². The summed E-state index contributed by atoms with van der Waals surface area (Å²) in [5.74, 6) is 0.361. The molecule has 5 nitrogen and oxygen atoms in total. The van der Waals surface area contributed by atoms with Crippen LogP contribution in [0.3, 0.4) is 0 Å². The summed E-state index contributed by atoms with van der Waals surface area (Å²) in [4.78, 5) is 12.2. The molecule has 0 unspecified atom stereocenters. The third-order valence-electron chi connectivity index (χ3n) is 3.50. The summed E-state index contributed by atoms with van der Waals surface area (Å²) in [6.45, 7) is 3.94. The highest BCUT2D eigenvalue weighted by Crippen LogP contribution is 2.20. The Kier molecular flexibility index (Phi) is 8.81. The number of nitrogens with one attached hydrogen (secondary N) is 2. The highest BCUT2D eigenvalue weighted by Gasteiger charge is 2.09. The second-order valence-electron chi connectivity index (χ2n) is 5.44. The summed E-state index contributed by atoms with van der Waals surface area (Å²) >= 11 is 17.1. The van der Waals surface area contributed by atoms with E-state index < -0.39 is 0 Å². The number of thiocarbonyl (C=S) groups is 1. The molecule has 2 aromatic carbocycles. The molecular weight excluding hydrogens is 407 g/mol. The van der Waals surface area contributed by atoms with E-state index in [1.54, 1.807) is 42.5 Å². The molecule has 0 aliphatic rings. The van der Waals surface area contributed by atoms with Crippen LogP contribution in [0.4, 0.5) is 0 Å². The molecule has 144 valence electrons. The molecule has 2 aromatic rings. The number of hydrogen-bond acceptors (Lipinski definition) is 4. The van der Waals surface area contributed by atoms with E-state index in [4.69, 9.17) is 44.9 Å². The van der Waals surface area contributed by atoms with Crippen LogP contribution in [0.5, 0.6) is 5.75 Å². The van der Waals surface area contributed by atoms with Crippen molar-refractivity contribution < 1.29 is 14.3 Å². The molecule has 0 bridgehead atoms. The minimum atomic E-state index is -0.310. The van der Waals surface area contributed by atoms with Gasteiger partial charge in [-0.15, -0.1) is 0 Å². The summed E-state index contributed by atoms with van der Waals surface area (Å²) in [6, 6.07) is 12.0. The molecule has 0 spiro atoms. The normalized spacial score (nSPS) is 10.3. The van der Waals surface area contributed by atoms with Gasteiger partial charge in [0.15, 0.2) is 5.11 Å². The molecule has 8 heteroatoms. The number of halogens is 2. The second kappa shape index (κ2) is 11.1. The quantitative estimate of drug-likeness (QED) is 0.488. The number of amides is 1. The largest absolute Gasteiger partial charge is 0.491 e. The molecule has 0 saturated heterocycles. The molecule has 0 saturated carbocycles. The monoisotopic (exact) mass is 426 g/mol. The summed E-state index contributed by atoms with van der Waals surface area (Å²) in [5.41, 5.74) is 1.30. The van der Waals surface area contributed by atoms with Gasteiger partial charge in [0.25, 0.3) is 5.91 Å². The number of rotatable bonds is 8. The maximum atomic E-state index is 12.2. The first-order chi connectivity index (χ1) is 13.0. The molecule has 2 rings (SSSR count). The van der Waals surface area contributed by atoms with Crippen molar-refractivity contribution in [2.75, 3.05) is 19.8 Å². The van der Waals surface area contributed by atoms with Crippen molar-refractivity contribution in [3.63, 3.8) is 0 Å². The van der Waals surface area contributed by atoms with E-state index in [2.05, 4.69) is 10.6 Å². The minimum absolute atomic E-state index is 0.211. The molecule has 0 atom stereocenters. The van der Waals surface area contributed by atoms with E-state index in [9.17, 15) is 4.79 Å². The van der Waals surface area contributed by atoms with Gasteiger partial charge >= 0.3 is 0 Å². The van der Waals surface area contributed by atoms with Crippen molar-refractivity contribution in [2.45, 2.75) is 13.5 Å². The standard InChI is InChI=1S/C19H20Cl2N2O3S/c1-2-25-9-10-26-16-7-4-13(5-8-16)18(24)23-19(27)22-12-14-3-6-15(20)11-17(14)21/h3-8,11H,2,9-10,12H2,1H3,(H2,22,23,24,27). The number of ether oxygens (including phenoxy) is 2. The summed E-state index contributed by atoms with van der Waals surface area (Å²) in [6.07, 6.45) is 0. The molecule has 1 amide bonds. The molecular formula is C19H20Cl2N2O3S. The fraction of sp³-hybridized carbons (Fsp3) is 0.263. The second-order valence-corrected chi connectivity index (χ2v) is 6.69. The Bertz CT molecular complexity index is 785. The summed E-state index contributed by atoms with van der Waals surface area (Å²) < 4.78 is 10.7. The van der Waals surface area contributed by atoms with Crippen LogP contribution in [0.1, 0.15) is 22.8 Å². The lowest BCUT2D eigenvalue weighted by Gasteiger charge is -2.11. The van der Waals surface area contributed by atoms with Crippen LogP contribution < -0.4 is 15.4 Å². The smallest absolute Gasteiger partial charge is 0.257 e. The predicted molar refractivity (Wildman–Crippen MR) is 112 cm³/mol. The van der Waals surface area contributed by atoms with Crippen molar-refractivity contribution >= 4 is 46.4 Å². The molecule has 0 heterocycles. The maximum Gasteiger partial charge on any atom is 0.257 e. The van der Waals surface area contributed by atoms with Gasteiger partial charge in [0, 0.05) is 28.8 Å². The van der Waals surface area contributed by atoms with Crippen molar-refractivity contribution in [1.29, 1.82) is 0 Å². The zero-order valence-electron chi connectivity index (χ0n) is 14.8. The minimum Gasteiger partial charge on any atom is -0.491 e. The summed E-state index contributed by atoms with van der Waals surface area (Å²) in [5, 5.41) is 6.88. The van der Waals surface area contributed by atoms with E-state index in [1.807, 2.05) is 6.92 Å². The van der Waals surface area contributed by atoms with Crippen molar-refractivity contribution in [1.82, 2.24) is 10.6 Å². The van der Waals surface area contributed by atoms with Crippen molar-refractivity contribution in [3.05, 3.63) is 63.6 Å². The Hall–Kier alpha value is -1.86. The fourth-order valence-corrected chi connectivity index (χ4v) is 2.77. The lowest BCUT2D eigenvalue weighted by atomic mass is 10.2. The van der Waals surface area contributed by atoms with Gasteiger partial charge in [-0.05, 0) is 61.1 Å². The Morgan fingerprint density at radius 1 is 1.11 bits per heavy atom. The average Bonchev–Trinajstić information content (AvgIpc) is 2.65. The molecule has 0 radical (unpaired) electrons. The topological polar surface area (TPSA) is 59.6 Å². The van der Waals surface area contributed by atoms with Crippen LogP contribution in [0, 0.1) is 0 Å². The van der Waals surface area contributed by atoms with Gasteiger partial charge in [0.05, 0.1) is 6.61 Å². The summed E-state index contributed by atoms with van der Waals surface area (Å²) in [7, 11) is 0. The van der Waals surface area contributed by atoms with E-state index in [0.717, 1.165) is 5.56 Å². The average molecular weight is 427 g/mol. The maximum absolute atomic E-state index is 12.2. The van der Waals surface area contributed by atoms with Gasteiger partial charge in [-0.25, -0.2) is 0 Å². The van der Waals surface area contributed by atoms with Gasteiger partial charge in [-0.2, -0.15) is 0 Å². The Morgan fingerprint density at radius 3 is 2.52 bits per heavy atom. The first-order valence-corrected chi connectivity index (χ1v) is 9.49. The third kappa shape index (κ3) is 7.34. The van der Waals surface area contributed by atoms with Gasteiger partial charge in [0.2, 0.25) is 0 Å². The SMILES string of the molecule is CCOCCOc1ccc(C(=O)NC(=S)NCc2ccc(Cl)cc2Cl)cc1. The first kappa shape index (κ1) is 21.4. The third-order valence-corrected chi connectivity index (χ3v) is 4.33. The van der Waals surface area contributed by atoms with Crippen molar-refractivity contribution in [2.24, 2.45) is 0 Å². The van der Waals surface area contributed by atoms with Crippen LogP contribution in [-0.2, 0) is 11.3 Å². The van der Waals surface area contributed by atoms with E-state index >= 15 is 0 Å². The van der Waals surface area contributed by atoms with Crippen LogP contribution in [0.25, 0.3) is 0 Å². The lowest BCUT2D eigenvalue weighted by molar-refractivity contribution is 0.0976. The number of carbonyl (C=O) groups excluding carboxylic acids is 1. The highest BCUT2D eigenvalue weighted by atomic mass is 35.5. The number of carbonyl (C=O) groups is 1. The zero-order chi connectivity index (χ0) is 19.6. The molecule has 2 N–H and O–H groups in total. The van der Waals surface area contributed by atoms with Crippen LogP contribution in [0.2, 0.25) is 10.0 Å². The molecule has 0 aromatic heterocycles. The molecule has 0 aliphatic carbocycles. The zero-order valence-corrected chi connectivity index (χ0v) is 17.1. The predicted octanol–water partition coefficient (Wildman–Crippen LogP) is 4.21. The molecule has 0 fully saturated rings. The van der Waals surface area contributed by atoms with Gasteiger partial charge in [-0.3, -0.25) is 10.1 Å². The fourth-order valence-electron chi connectivity index (χ4n) is 2.13. The number of hydrogen-bond donors (Lipinski definition) is 2. The van der Waals surface area contributed by atoms with Gasteiger partial charge < -0.3 is 14.8 Å². The van der Waals surface area contributed by atoms with Crippen LogP contribution in [0.15, 0.2) is 42.5 Å². The van der Waals surface area contributed by atoms with E-state index in [1.165, 1.54) is 0 Å².